The van der Waals surface area contributed by atoms with Crippen LogP contribution in [-0.2, 0) is 17.5 Å². The van der Waals surface area contributed by atoms with Crippen LogP contribution in [0, 0.1) is 17.5 Å². The van der Waals surface area contributed by atoms with Crippen molar-refractivity contribution in [1.82, 2.24) is 19.4 Å². The first kappa shape index (κ1) is 31.6. The van der Waals surface area contributed by atoms with Crippen LogP contribution in [0.5, 0.6) is 0 Å². The molecule has 3 atom stereocenters. The zero-order valence-electron chi connectivity index (χ0n) is 24.6. The molecule has 2 aromatic carbocycles. The van der Waals surface area contributed by atoms with E-state index in [9.17, 15) is 35.9 Å². The Morgan fingerprint density at radius 2 is 1.65 bits per heavy atom. The van der Waals surface area contributed by atoms with Gasteiger partial charge in [0.2, 0.25) is 5.91 Å². The Bertz CT molecular complexity index is 1900. The Kier molecular flexibility index (Phi) is 8.11. The van der Waals surface area contributed by atoms with Gasteiger partial charge in [-0.2, -0.15) is 18.2 Å². The van der Waals surface area contributed by atoms with E-state index in [1.54, 1.807) is 23.6 Å². The smallest absolute Gasteiger partial charge is 0.352 e. The average Bonchev–Trinajstić information content (AvgIpc) is 3.19. The molecule has 46 heavy (non-hydrogen) atoms. The zero-order valence-corrected chi connectivity index (χ0v) is 25.4. The molecule has 240 valence electrons. The van der Waals surface area contributed by atoms with Gasteiger partial charge in [-0.15, -0.1) is 11.8 Å². The lowest BCUT2D eigenvalue weighted by Crippen LogP contribution is -2.58. The Hall–Kier alpha value is -4.33. The van der Waals surface area contributed by atoms with Crippen molar-refractivity contribution in [2.45, 2.75) is 49.5 Å². The number of hydrogen-bond donors (Lipinski definition) is 0. The van der Waals surface area contributed by atoms with Gasteiger partial charge in [0, 0.05) is 64.8 Å². The normalized spacial score (nSPS) is 20.1. The molecule has 1 amide bonds. The van der Waals surface area contributed by atoms with Crippen LogP contribution >= 0.6 is 11.8 Å². The summed E-state index contributed by atoms with van der Waals surface area (Å²) in [5.74, 6) is -3.92. The maximum atomic E-state index is 14.9. The minimum atomic E-state index is -4.89. The van der Waals surface area contributed by atoms with Crippen molar-refractivity contribution in [2.24, 2.45) is 0 Å². The molecule has 0 saturated carbocycles. The van der Waals surface area contributed by atoms with Crippen molar-refractivity contribution in [3.63, 3.8) is 0 Å². The highest BCUT2D eigenvalue weighted by Crippen LogP contribution is 2.49. The molecule has 2 aliphatic rings. The number of benzene rings is 2. The molecule has 1 saturated heterocycles. The van der Waals surface area contributed by atoms with Crippen LogP contribution in [0.25, 0.3) is 22.0 Å². The number of rotatable bonds is 4. The van der Waals surface area contributed by atoms with E-state index in [1.165, 1.54) is 18.2 Å². The number of hydrogen-bond acceptors (Lipinski definition) is 6. The minimum absolute atomic E-state index is 0.00150. The number of alkyl halides is 3. The molecule has 4 aromatic rings. The average molecular weight is 660 g/mol. The number of carbonyl (C=O) groups is 1. The molecule has 4 heterocycles. The molecule has 0 spiro atoms. The SMILES string of the molecule is C=CC(=O)N1[C@H](C)CN(c2nc(=O)n3c4c(c(-c5ccc(F)cc5)c(C(F)(F)F)cc24)SC[C@@H](c2c(F)cncc2F)C3)C[C@@H]1C. The Labute approximate surface area is 263 Å². The van der Waals surface area contributed by atoms with Crippen LogP contribution in [0.1, 0.15) is 30.9 Å². The molecule has 2 aliphatic heterocycles. The number of thioether (sulfide) groups is 1. The van der Waals surface area contributed by atoms with Crippen molar-refractivity contribution in [2.75, 3.05) is 23.7 Å². The standard InChI is InChI=1S/C32H27F6N5O2S/c1-4-25(44)43-16(2)12-41(13-17(43)3)30-21-9-22(32(36,37)38)26(18-5-7-20(33)8-6-18)29-28(21)42(31(45)40-30)14-19(15-46-29)27-23(34)10-39-11-24(27)35/h4-11,16-17,19H,1,12-15H2,2-3H3/t16-,17+,19-/m0/s1. The summed E-state index contributed by atoms with van der Waals surface area (Å²) in [4.78, 5) is 37.5. The molecule has 0 bridgehead atoms. The summed E-state index contributed by atoms with van der Waals surface area (Å²) in [5, 5.41) is 0.0134. The van der Waals surface area contributed by atoms with E-state index in [2.05, 4.69) is 16.5 Å². The van der Waals surface area contributed by atoms with E-state index in [0.29, 0.717) is 0 Å². The topological polar surface area (TPSA) is 71.3 Å². The second-order valence-corrected chi connectivity index (χ2v) is 12.5. The summed E-state index contributed by atoms with van der Waals surface area (Å²) in [6, 6.07) is 4.64. The van der Waals surface area contributed by atoms with Gasteiger partial charge in [-0.3, -0.25) is 14.3 Å². The van der Waals surface area contributed by atoms with Gasteiger partial charge in [-0.25, -0.2) is 18.0 Å². The Morgan fingerprint density at radius 3 is 2.24 bits per heavy atom. The predicted octanol–water partition coefficient (Wildman–Crippen LogP) is 6.40. The quantitative estimate of drug-likeness (QED) is 0.187. The maximum Gasteiger partial charge on any atom is 0.417 e. The number of carbonyl (C=O) groups excluding carboxylic acids is 1. The molecule has 0 N–H and O–H groups in total. The zero-order chi connectivity index (χ0) is 33.1. The van der Waals surface area contributed by atoms with E-state index >= 15 is 0 Å². The van der Waals surface area contributed by atoms with Gasteiger partial charge in [0.15, 0.2) is 0 Å². The van der Waals surface area contributed by atoms with E-state index in [-0.39, 0.29) is 69.6 Å². The van der Waals surface area contributed by atoms with E-state index in [1.807, 2.05) is 0 Å². The second kappa shape index (κ2) is 11.8. The maximum absolute atomic E-state index is 14.9. The van der Waals surface area contributed by atoms with E-state index < -0.39 is 52.9 Å². The lowest BCUT2D eigenvalue weighted by atomic mass is 9.95. The lowest BCUT2D eigenvalue weighted by molar-refractivity contribution is -0.137. The van der Waals surface area contributed by atoms with Crippen LogP contribution in [0.3, 0.4) is 0 Å². The van der Waals surface area contributed by atoms with Gasteiger partial charge in [-0.1, -0.05) is 18.7 Å². The molecule has 0 unspecified atom stereocenters. The minimum Gasteiger partial charge on any atom is -0.352 e. The molecule has 7 nitrogen and oxygen atoms in total. The van der Waals surface area contributed by atoms with Crippen LogP contribution < -0.4 is 10.6 Å². The van der Waals surface area contributed by atoms with Gasteiger partial charge in [-0.05, 0) is 43.7 Å². The molecule has 0 aliphatic carbocycles. The first-order chi connectivity index (χ1) is 21.8. The number of amides is 1. The van der Waals surface area contributed by atoms with Gasteiger partial charge >= 0.3 is 11.9 Å². The van der Waals surface area contributed by atoms with Gasteiger partial charge in [0.1, 0.15) is 23.3 Å². The third-order valence-electron chi connectivity index (χ3n) is 8.41. The largest absolute Gasteiger partial charge is 0.417 e. The number of aromatic nitrogens is 3. The van der Waals surface area contributed by atoms with Crippen molar-refractivity contribution in [3.8, 4) is 11.1 Å². The highest BCUT2D eigenvalue weighted by atomic mass is 32.2. The lowest BCUT2D eigenvalue weighted by Gasteiger charge is -2.44. The molecule has 1 fully saturated rings. The van der Waals surface area contributed by atoms with Crippen LogP contribution in [0.2, 0.25) is 0 Å². The summed E-state index contributed by atoms with van der Waals surface area (Å²) < 4.78 is 89.8. The molecule has 14 heteroatoms. The van der Waals surface area contributed by atoms with Crippen LogP contribution in [0.4, 0.5) is 32.2 Å². The molecule has 0 radical (unpaired) electrons. The van der Waals surface area contributed by atoms with Crippen molar-refractivity contribution in [1.29, 1.82) is 0 Å². The molecular weight excluding hydrogens is 632 g/mol. The van der Waals surface area contributed by atoms with Crippen molar-refractivity contribution in [3.05, 3.63) is 94.4 Å². The van der Waals surface area contributed by atoms with Crippen LogP contribution in [-0.4, -0.2) is 56.3 Å². The fourth-order valence-electron chi connectivity index (χ4n) is 6.55. The number of halogens is 6. The first-order valence-electron chi connectivity index (χ1n) is 14.4. The number of nitrogens with zero attached hydrogens (tertiary/aromatic N) is 5. The monoisotopic (exact) mass is 659 g/mol. The molecule has 6 rings (SSSR count). The molecule has 2 aromatic heterocycles. The summed E-state index contributed by atoms with van der Waals surface area (Å²) in [6.45, 7) is 7.15. The predicted molar refractivity (Wildman–Crippen MR) is 162 cm³/mol. The third kappa shape index (κ3) is 5.41. The highest BCUT2D eigenvalue weighted by Gasteiger charge is 2.40. The van der Waals surface area contributed by atoms with Gasteiger partial charge in [0.25, 0.3) is 0 Å². The third-order valence-corrected chi connectivity index (χ3v) is 9.67. The summed E-state index contributed by atoms with van der Waals surface area (Å²) >= 11 is 0.933. The van der Waals surface area contributed by atoms with E-state index in [4.69, 9.17) is 0 Å². The Morgan fingerprint density at radius 1 is 1.02 bits per heavy atom. The number of piperazine rings is 1. The highest BCUT2D eigenvalue weighted by molar-refractivity contribution is 7.99. The van der Waals surface area contributed by atoms with Crippen molar-refractivity contribution < 1.29 is 31.1 Å². The van der Waals surface area contributed by atoms with Gasteiger partial charge < -0.3 is 9.80 Å². The summed E-state index contributed by atoms with van der Waals surface area (Å²) in [5.41, 5.74) is -2.31. The molecular formula is C32H27F6N5O2S. The summed E-state index contributed by atoms with van der Waals surface area (Å²) in [7, 11) is 0. The second-order valence-electron chi connectivity index (χ2n) is 11.4. The fraction of sp³-hybridized carbons (Fsp3) is 0.312. The Balaban J connectivity index is 1.64. The van der Waals surface area contributed by atoms with E-state index in [0.717, 1.165) is 46.9 Å². The van der Waals surface area contributed by atoms with Crippen molar-refractivity contribution >= 4 is 34.4 Å². The summed E-state index contributed by atoms with van der Waals surface area (Å²) in [6.07, 6.45) is -2.02. The van der Waals surface area contributed by atoms with Crippen LogP contribution in [0.15, 0.2) is 65.1 Å². The first-order valence-corrected chi connectivity index (χ1v) is 15.3. The number of pyridine rings is 1. The fourth-order valence-corrected chi connectivity index (χ4v) is 7.92. The number of anilines is 1. The van der Waals surface area contributed by atoms with Gasteiger partial charge in [0.05, 0.1) is 23.5 Å².